The van der Waals surface area contributed by atoms with Gasteiger partial charge in [-0.05, 0) is 60.5 Å². The van der Waals surface area contributed by atoms with Crippen molar-refractivity contribution < 1.29 is 9.59 Å². The Hall–Kier alpha value is -2.83. The van der Waals surface area contributed by atoms with Crippen LogP contribution in [0.2, 0.25) is 0 Å². The Morgan fingerprint density at radius 1 is 1.06 bits per heavy atom. The van der Waals surface area contributed by atoms with Gasteiger partial charge in [-0.15, -0.1) is 23.1 Å². The first kappa shape index (κ1) is 23.9. The number of amides is 2. The summed E-state index contributed by atoms with van der Waals surface area (Å²) in [6, 6.07) is 20.3. The Morgan fingerprint density at radius 2 is 1.83 bits per heavy atom. The minimum atomic E-state index is -0.0879. The van der Waals surface area contributed by atoms with E-state index in [9.17, 15) is 9.59 Å². The van der Waals surface area contributed by atoms with E-state index in [4.69, 9.17) is 0 Å². The first-order valence-corrected chi connectivity index (χ1v) is 14.0. The number of thiophene rings is 1. The van der Waals surface area contributed by atoms with Gasteiger partial charge in [-0.1, -0.05) is 60.9 Å². The number of fused-ring (bicyclic) bond motifs is 1. The molecule has 0 spiro atoms. The van der Waals surface area contributed by atoms with Gasteiger partial charge in [-0.25, -0.2) is 0 Å². The lowest BCUT2D eigenvalue weighted by molar-refractivity contribution is -0.130. The zero-order chi connectivity index (χ0) is 24.2. The normalized spacial score (nSPS) is 21.1. The summed E-state index contributed by atoms with van der Waals surface area (Å²) in [5, 5.41) is 5.41. The van der Waals surface area contributed by atoms with Gasteiger partial charge in [0.1, 0.15) is 0 Å². The number of hydrogen-bond acceptors (Lipinski definition) is 4. The van der Waals surface area contributed by atoms with Crippen LogP contribution in [0.25, 0.3) is 6.08 Å². The molecular weight excluding hydrogens is 472 g/mol. The number of carbonyl (C=O) groups is 2. The van der Waals surface area contributed by atoms with Crippen molar-refractivity contribution in [2.45, 2.75) is 57.0 Å². The summed E-state index contributed by atoms with van der Waals surface area (Å²) in [5.41, 5.74) is 3.98. The van der Waals surface area contributed by atoms with Gasteiger partial charge >= 0.3 is 0 Å². The Morgan fingerprint density at radius 3 is 2.57 bits per heavy atom. The van der Waals surface area contributed by atoms with E-state index in [1.54, 1.807) is 23.1 Å². The molecule has 6 heteroatoms. The highest BCUT2D eigenvalue weighted by molar-refractivity contribution is 8.04. The minimum absolute atomic E-state index is 0.0879. The molecule has 180 valence electrons. The number of thioether (sulfide) groups is 1. The average Bonchev–Trinajstić information content (AvgIpc) is 3.40. The van der Waals surface area contributed by atoms with Crippen molar-refractivity contribution >= 4 is 41.0 Å². The van der Waals surface area contributed by atoms with E-state index in [1.165, 1.54) is 24.0 Å². The second kappa shape index (κ2) is 10.8. The van der Waals surface area contributed by atoms with Crippen molar-refractivity contribution in [2.24, 2.45) is 0 Å². The van der Waals surface area contributed by atoms with Crippen LogP contribution in [0, 0.1) is 6.92 Å². The fourth-order valence-electron chi connectivity index (χ4n) is 4.82. The molecule has 1 saturated carbocycles. The van der Waals surface area contributed by atoms with Gasteiger partial charge in [-0.3, -0.25) is 9.59 Å². The lowest BCUT2D eigenvalue weighted by Gasteiger charge is -2.44. The number of rotatable bonds is 6. The molecule has 2 atom stereocenters. The van der Waals surface area contributed by atoms with Crippen LogP contribution in [-0.4, -0.2) is 28.0 Å². The van der Waals surface area contributed by atoms with Gasteiger partial charge in [0.05, 0.1) is 11.4 Å². The van der Waals surface area contributed by atoms with Crippen molar-refractivity contribution in [1.82, 2.24) is 10.2 Å². The SMILES string of the molecule is Cc1ccc(CN2C(=O)/C(=C\c3ccc(C(=O)NCc4cccs4)cc3)SC3CCCCC32)cc1. The molecular formula is C29H30N2O2S2. The lowest BCUT2D eigenvalue weighted by atomic mass is 9.92. The Kier molecular flexibility index (Phi) is 7.40. The quantitative estimate of drug-likeness (QED) is 0.396. The summed E-state index contributed by atoms with van der Waals surface area (Å²) in [6.45, 7) is 3.28. The Balaban J connectivity index is 1.31. The van der Waals surface area contributed by atoms with Crippen LogP contribution in [0.15, 0.2) is 70.9 Å². The smallest absolute Gasteiger partial charge is 0.260 e. The Labute approximate surface area is 215 Å². The zero-order valence-corrected chi connectivity index (χ0v) is 21.5. The van der Waals surface area contributed by atoms with Crippen molar-refractivity contribution in [3.05, 3.63) is 98.1 Å². The molecule has 1 N–H and O–H groups in total. The molecule has 1 aromatic heterocycles. The number of hydrogen-bond donors (Lipinski definition) is 1. The molecule has 2 heterocycles. The van der Waals surface area contributed by atoms with Crippen molar-refractivity contribution in [1.29, 1.82) is 0 Å². The summed E-state index contributed by atoms with van der Waals surface area (Å²) in [5.74, 6) is 0.0338. The topological polar surface area (TPSA) is 49.4 Å². The zero-order valence-electron chi connectivity index (χ0n) is 19.9. The monoisotopic (exact) mass is 502 g/mol. The largest absolute Gasteiger partial charge is 0.347 e. The van der Waals surface area contributed by atoms with Crippen LogP contribution in [0.1, 0.15) is 57.6 Å². The fourth-order valence-corrected chi connectivity index (χ4v) is 6.93. The summed E-state index contributed by atoms with van der Waals surface area (Å²) in [4.78, 5) is 30.1. The van der Waals surface area contributed by atoms with Gasteiger partial charge in [0.15, 0.2) is 0 Å². The Bertz CT molecular complexity index is 1200. The van der Waals surface area contributed by atoms with Crippen LogP contribution in [0.3, 0.4) is 0 Å². The first-order valence-electron chi connectivity index (χ1n) is 12.2. The standard InChI is InChI=1S/C29H30N2O2S2/c1-20-8-10-22(11-9-20)19-31-25-6-2-3-7-26(25)35-27(29(31)33)17-21-12-14-23(15-13-21)28(32)30-18-24-5-4-16-34-24/h4-5,8-17,25-26H,2-3,6-7,18-19H2,1H3,(H,30,32)/b27-17+. The molecule has 3 aromatic rings. The van der Waals surface area contributed by atoms with E-state index in [0.717, 1.165) is 28.2 Å². The number of benzene rings is 2. The molecule has 2 fully saturated rings. The summed E-state index contributed by atoms with van der Waals surface area (Å²) in [7, 11) is 0. The molecule has 35 heavy (non-hydrogen) atoms. The first-order chi connectivity index (χ1) is 17.1. The minimum Gasteiger partial charge on any atom is -0.347 e. The van der Waals surface area contributed by atoms with E-state index < -0.39 is 0 Å². The van der Waals surface area contributed by atoms with Crippen molar-refractivity contribution in [3.63, 3.8) is 0 Å². The van der Waals surface area contributed by atoms with Crippen LogP contribution in [-0.2, 0) is 17.9 Å². The lowest BCUT2D eigenvalue weighted by Crippen LogP contribution is -2.50. The molecule has 2 amide bonds. The molecule has 2 aromatic carbocycles. The highest BCUT2D eigenvalue weighted by Crippen LogP contribution is 2.42. The van der Waals surface area contributed by atoms with Crippen LogP contribution < -0.4 is 5.32 Å². The molecule has 2 unspecified atom stereocenters. The summed E-state index contributed by atoms with van der Waals surface area (Å²) in [6.07, 6.45) is 6.64. The van der Waals surface area contributed by atoms with Gasteiger partial charge in [-0.2, -0.15) is 0 Å². The second-order valence-electron chi connectivity index (χ2n) is 9.32. The molecule has 2 aliphatic rings. The predicted octanol–water partition coefficient (Wildman–Crippen LogP) is 6.41. The summed E-state index contributed by atoms with van der Waals surface area (Å²) >= 11 is 3.37. The van der Waals surface area contributed by atoms with Gasteiger partial charge in [0, 0.05) is 28.3 Å². The predicted molar refractivity (Wildman–Crippen MR) is 145 cm³/mol. The molecule has 1 saturated heterocycles. The number of carbonyl (C=O) groups excluding carboxylic acids is 2. The molecule has 0 bridgehead atoms. The molecule has 1 aliphatic carbocycles. The maximum Gasteiger partial charge on any atom is 0.260 e. The highest BCUT2D eigenvalue weighted by atomic mass is 32.2. The van der Waals surface area contributed by atoms with E-state index in [2.05, 4.69) is 41.4 Å². The van der Waals surface area contributed by atoms with Crippen LogP contribution >= 0.6 is 23.1 Å². The average molecular weight is 503 g/mol. The molecule has 4 nitrogen and oxygen atoms in total. The third kappa shape index (κ3) is 5.71. The second-order valence-corrected chi connectivity index (χ2v) is 11.6. The molecule has 1 aliphatic heterocycles. The molecule has 0 radical (unpaired) electrons. The maximum atomic E-state index is 13.6. The van der Waals surface area contributed by atoms with Crippen LogP contribution in [0.5, 0.6) is 0 Å². The fraction of sp³-hybridized carbons (Fsp3) is 0.310. The van der Waals surface area contributed by atoms with Gasteiger partial charge in [0.25, 0.3) is 11.8 Å². The van der Waals surface area contributed by atoms with Crippen molar-refractivity contribution in [2.75, 3.05) is 0 Å². The summed E-state index contributed by atoms with van der Waals surface area (Å²) < 4.78 is 0. The van der Waals surface area contributed by atoms with E-state index in [1.807, 2.05) is 47.9 Å². The number of nitrogens with one attached hydrogen (secondary N) is 1. The van der Waals surface area contributed by atoms with Gasteiger partial charge < -0.3 is 10.2 Å². The number of aryl methyl sites for hydroxylation is 1. The van der Waals surface area contributed by atoms with E-state index in [-0.39, 0.29) is 11.8 Å². The highest BCUT2D eigenvalue weighted by Gasteiger charge is 2.40. The number of nitrogens with zero attached hydrogens (tertiary/aromatic N) is 1. The van der Waals surface area contributed by atoms with Crippen LogP contribution in [0.4, 0.5) is 0 Å². The third-order valence-electron chi connectivity index (χ3n) is 6.77. The van der Waals surface area contributed by atoms with Crippen molar-refractivity contribution in [3.8, 4) is 0 Å². The van der Waals surface area contributed by atoms with Gasteiger partial charge in [0.2, 0.25) is 0 Å². The van der Waals surface area contributed by atoms with E-state index in [0.29, 0.717) is 29.9 Å². The molecule has 5 rings (SSSR count). The maximum absolute atomic E-state index is 13.6. The third-order valence-corrected chi connectivity index (χ3v) is 9.04. The van der Waals surface area contributed by atoms with E-state index >= 15 is 0 Å².